The average Bonchev–Trinajstić information content (AvgIpc) is 2.47. The van der Waals surface area contributed by atoms with E-state index in [1.165, 1.54) is 36.9 Å². The highest BCUT2D eigenvalue weighted by molar-refractivity contribution is 5.75. The van der Waals surface area contributed by atoms with Crippen molar-refractivity contribution in [3.05, 3.63) is 35.4 Å². The molecule has 2 aliphatic heterocycles. The zero-order valence-corrected chi connectivity index (χ0v) is 13.7. The van der Waals surface area contributed by atoms with Crippen molar-refractivity contribution in [2.75, 3.05) is 19.6 Å². The summed E-state index contributed by atoms with van der Waals surface area (Å²) in [5.41, 5.74) is 2.42. The van der Waals surface area contributed by atoms with Gasteiger partial charge in [0, 0.05) is 31.7 Å². The highest BCUT2D eigenvalue weighted by Gasteiger charge is 2.37. The molecule has 0 spiro atoms. The number of carbonyl (C=O) groups is 1. The lowest BCUT2D eigenvalue weighted by Crippen LogP contribution is -2.64. The molecule has 2 aliphatic rings. The summed E-state index contributed by atoms with van der Waals surface area (Å²) in [4.78, 5) is 16.7. The summed E-state index contributed by atoms with van der Waals surface area (Å²) in [6.07, 6.45) is 3.96. The van der Waals surface area contributed by atoms with Crippen LogP contribution in [0.25, 0.3) is 0 Å². The number of hydrogen-bond donors (Lipinski definition) is 1. The molecule has 0 radical (unpaired) electrons. The molecular formula is C18H27N3O. The normalized spacial score (nSPS) is 23.2. The van der Waals surface area contributed by atoms with Gasteiger partial charge in [0.25, 0.3) is 0 Å². The van der Waals surface area contributed by atoms with Gasteiger partial charge in [-0.2, -0.15) is 0 Å². The number of amides is 2. The molecule has 0 saturated carbocycles. The lowest BCUT2D eigenvalue weighted by Gasteiger charge is -2.49. The van der Waals surface area contributed by atoms with Crippen LogP contribution in [0.15, 0.2) is 24.3 Å². The van der Waals surface area contributed by atoms with Gasteiger partial charge in [0.05, 0.1) is 0 Å². The smallest absolute Gasteiger partial charge is 0.317 e. The van der Waals surface area contributed by atoms with Gasteiger partial charge in [-0.1, -0.05) is 30.7 Å². The molecule has 0 aliphatic carbocycles. The molecule has 2 heterocycles. The molecule has 22 heavy (non-hydrogen) atoms. The first kappa shape index (κ1) is 15.3. The molecule has 4 nitrogen and oxygen atoms in total. The van der Waals surface area contributed by atoms with Crippen LogP contribution in [-0.4, -0.2) is 47.5 Å². The summed E-state index contributed by atoms with van der Waals surface area (Å²) in [6, 6.07) is 9.52. The predicted molar refractivity (Wildman–Crippen MR) is 88.8 cm³/mol. The molecule has 2 fully saturated rings. The van der Waals surface area contributed by atoms with Gasteiger partial charge in [-0.25, -0.2) is 4.79 Å². The molecular weight excluding hydrogens is 274 g/mol. The molecule has 1 aromatic rings. The Hall–Kier alpha value is -1.55. The second-order valence-electron chi connectivity index (χ2n) is 6.73. The fraction of sp³-hybridized carbons (Fsp3) is 0.611. The Morgan fingerprint density at radius 1 is 1.27 bits per heavy atom. The molecule has 1 aromatic carbocycles. The number of aryl methyl sites for hydroxylation is 1. The van der Waals surface area contributed by atoms with E-state index in [1.807, 2.05) is 17.0 Å². The number of rotatable bonds is 3. The largest absolute Gasteiger partial charge is 0.334 e. The van der Waals surface area contributed by atoms with Crippen LogP contribution in [-0.2, 0) is 6.54 Å². The van der Waals surface area contributed by atoms with Crippen molar-refractivity contribution in [3.8, 4) is 0 Å². The third-order valence-corrected chi connectivity index (χ3v) is 5.16. The van der Waals surface area contributed by atoms with Crippen LogP contribution in [0, 0.1) is 6.92 Å². The minimum atomic E-state index is 0.0733. The van der Waals surface area contributed by atoms with Crippen molar-refractivity contribution in [1.29, 1.82) is 0 Å². The zero-order chi connectivity index (χ0) is 15.5. The minimum absolute atomic E-state index is 0.0733. The third kappa shape index (κ3) is 3.27. The highest BCUT2D eigenvalue weighted by atomic mass is 16.2. The number of hydrogen-bond acceptors (Lipinski definition) is 2. The Bertz CT molecular complexity index is 525. The van der Waals surface area contributed by atoms with Gasteiger partial charge in [0.1, 0.15) is 0 Å². The molecule has 1 N–H and O–H groups in total. The lowest BCUT2D eigenvalue weighted by atomic mass is 9.98. The predicted octanol–water partition coefficient (Wildman–Crippen LogP) is 2.76. The van der Waals surface area contributed by atoms with Crippen LogP contribution in [0.2, 0.25) is 0 Å². The lowest BCUT2D eigenvalue weighted by molar-refractivity contribution is 0.0169. The molecule has 120 valence electrons. The van der Waals surface area contributed by atoms with Crippen LogP contribution < -0.4 is 5.32 Å². The number of carbonyl (C=O) groups excluding carboxylic acids is 1. The van der Waals surface area contributed by atoms with E-state index in [0.29, 0.717) is 18.6 Å². The van der Waals surface area contributed by atoms with Gasteiger partial charge < -0.3 is 10.2 Å². The Morgan fingerprint density at radius 2 is 2.05 bits per heavy atom. The highest BCUT2D eigenvalue weighted by Crippen LogP contribution is 2.24. The van der Waals surface area contributed by atoms with Crippen molar-refractivity contribution in [2.45, 2.75) is 51.7 Å². The van der Waals surface area contributed by atoms with Crippen LogP contribution in [0.5, 0.6) is 0 Å². The van der Waals surface area contributed by atoms with Crippen LogP contribution in [0.1, 0.15) is 37.3 Å². The van der Waals surface area contributed by atoms with Gasteiger partial charge in [-0.15, -0.1) is 0 Å². The first-order chi connectivity index (χ1) is 10.6. The Labute approximate surface area is 133 Å². The van der Waals surface area contributed by atoms with E-state index in [4.69, 9.17) is 0 Å². The molecule has 0 aromatic heterocycles. The van der Waals surface area contributed by atoms with Crippen molar-refractivity contribution in [3.63, 3.8) is 0 Å². The maximum Gasteiger partial charge on any atom is 0.317 e. The van der Waals surface area contributed by atoms with Gasteiger partial charge in [-0.3, -0.25) is 4.90 Å². The Morgan fingerprint density at radius 3 is 2.77 bits per heavy atom. The Kier molecular flexibility index (Phi) is 4.67. The van der Waals surface area contributed by atoms with Gasteiger partial charge in [0.2, 0.25) is 0 Å². The van der Waals surface area contributed by atoms with E-state index >= 15 is 0 Å². The van der Waals surface area contributed by atoms with Crippen molar-refractivity contribution in [1.82, 2.24) is 15.1 Å². The number of nitrogens with zero attached hydrogens (tertiary/aromatic N) is 2. The molecule has 1 atom stereocenters. The summed E-state index contributed by atoms with van der Waals surface area (Å²) in [5.74, 6) is 0. The van der Waals surface area contributed by atoms with Crippen molar-refractivity contribution in [2.24, 2.45) is 0 Å². The SMILES string of the molecule is Cc1ccccc1CNC(=O)N1CC(N2CCCC[C@@H]2C)C1. The molecule has 0 bridgehead atoms. The molecule has 4 heteroatoms. The maximum absolute atomic E-state index is 12.2. The number of benzene rings is 1. The quantitative estimate of drug-likeness (QED) is 0.932. The van der Waals surface area contributed by atoms with E-state index in [9.17, 15) is 4.79 Å². The summed E-state index contributed by atoms with van der Waals surface area (Å²) >= 11 is 0. The Balaban J connectivity index is 1.44. The van der Waals surface area contributed by atoms with Crippen molar-refractivity contribution >= 4 is 6.03 Å². The number of urea groups is 1. The number of piperidine rings is 1. The number of likely N-dealkylation sites (tertiary alicyclic amines) is 2. The van der Waals surface area contributed by atoms with Crippen LogP contribution >= 0.6 is 0 Å². The molecule has 2 amide bonds. The second-order valence-corrected chi connectivity index (χ2v) is 6.73. The van der Waals surface area contributed by atoms with E-state index in [2.05, 4.69) is 36.2 Å². The summed E-state index contributed by atoms with van der Waals surface area (Å²) in [5, 5.41) is 3.04. The first-order valence-electron chi connectivity index (χ1n) is 8.48. The maximum atomic E-state index is 12.2. The summed E-state index contributed by atoms with van der Waals surface area (Å²) < 4.78 is 0. The minimum Gasteiger partial charge on any atom is -0.334 e. The third-order valence-electron chi connectivity index (χ3n) is 5.16. The van der Waals surface area contributed by atoms with Gasteiger partial charge in [-0.05, 0) is 44.4 Å². The van der Waals surface area contributed by atoms with E-state index in [0.717, 1.165) is 13.1 Å². The molecule has 3 rings (SSSR count). The fourth-order valence-electron chi connectivity index (χ4n) is 3.58. The van der Waals surface area contributed by atoms with Crippen LogP contribution in [0.4, 0.5) is 4.79 Å². The van der Waals surface area contributed by atoms with E-state index < -0.39 is 0 Å². The monoisotopic (exact) mass is 301 g/mol. The zero-order valence-electron chi connectivity index (χ0n) is 13.7. The molecule has 0 unspecified atom stereocenters. The summed E-state index contributed by atoms with van der Waals surface area (Å²) in [6.45, 7) is 7.98. The molecule has 2 saturated heterocycles. The van der Waals surface area contributed by atoms with Crippen LogP contribution in [0.3, 0.4) is 0 Å². The van der Waals surface area contributed by atoms with Gasteiger partial charge >= 0.3 is 6.03 Å². The number of nitrogens with one attached hydrogen (secondary N) is 1. The van der Waals surface area contributed by atoms with E-state index in [1.54, 1.807) is 0 Å². The topological polar surface area (TPSA) is 35.6 Å². The van der Waals surface area contributed by atoms with E-state index in [-0.39, 0.29) is 6.03 Å². The summed E-state index contributed by atoms with van der Waals surface area (Å²) in [7, 11) is 0. The average molecular weight is 301 g/mol. The fourth-order valence-corrected chi connectivity index (χ4v) is 3.58. The standard InChI is InChI=1S/C18H27N3O/c1-14-7-3-4-9-16(14)11-19-18(22)20-12-17(13-20)21-10-6-5-8-15(21)2/h3-4,7,9,15,17H,5-6,8,10-13H2,1-2H3,(H,19,22)/t15-/m0/s1. The second kappa shape index (κ2) is 6.69. The first-order valence-corrected chi connectivity index (χ1v) is 8.48. The van der Waals surface area contributed by atoms with Gasteiger partial charge in [0.15, 0.2) is 0 Å². The van der Waals surface area contributed by atoms with Crippen molar-refractivity contribution < 1.29 is 4.79 Å².